The van der Waals surface area contributed by atoms with Crippen molar-refractivity contribution < 1.29 is 19.1 Å². The number of amides is 1. The fraction of sp³-hybridized carbons (Fsp3) is 0.700. The zero-order chi connectivity index (χ0) is 12.7. The topological polar surface area (TPSA) is 72.5 Å². The SMILES string of the molecule is CCOC(=O)CSCC(=O)NC1CCSC1=O. The first kappa shape index (κ1) is 14.4. The Hall–Kier alpha value is -0.690. The summed E-state index contributed by atoms with van der Waals surface area (Å²) in [7, 11) is 0. The van der Waals surface area contributed by atoms with Gasteiger partial charge < -0.3 is 10.1 Å². The third kappa shape index (κ3) is 5.45. The average molecular weight is 277 g/mol. The third-order valence-electron chi connectivity index (χ3n) is 2.03. The monoisotopic (exact) mass is 277 g/mol. The molecule has 0 bridgehead atoms. The lowest BCUT2D eigenvalue weighted by atomic mass is 10.2. The summed E-state index contributed by atoms with van der Waals surface area (Å²) in [6.45, 7) is 2.08. The van der Waals surface area contributed by atoms with E-state index in [1.54, 1.807) is 6.92 Å². The van der Waals surface area contributed by atoms with Gasteiger partial charge in [0.25, 0.3) is 0 Å². The minimum absolute atomic E-state index is 0.0220. The van der Waals surface area contributed by atoms with Crippen LogP contribution in [0.5, 0.6) is 0 Å². The van der Waals surface area contributed by atoms with E-state index >= 15 is 0 Å². The van der Waals surface area contributed by atoms with Crippen LogP contribution in [0.1, 0.15) is 13.3 Å². The lowest BCUT2D eigenvalue weighted by Gasteiger charge is -2.09. The second kappa shape index (κ2) is 7.60. The Balaban J connectivity index is 2.13. The van der Waals surface area contributed by atoms with Crippen molar-refractivity contribution in [2.45, 2.75) is 19.4 Å². The molecule has 0 aliphatic carbocycles. The predicted molar refractivity (Wildman–Crippen MR) is 68.0 cm³/mol. The zero-order valence-corrected chi connectivity index (χ0v) is 11.2. The fourth-order valence-corrected chi connectivity index (χ4v) is 2.85. The molecule has 5 nitrogen and oxygen atoms in total. The average Bonchev–Trinajstić information content (AvgIpc) is 2.65. The van der Waals surface area contributed by atoms with E-state index in [2.05, 4.69) is 5.32 Å². The molecule has 96 valence electrons. The molecular formula is C10H15NO4S2. The normalized spacial score (nSPS) is 19.1. The van der Waals surface area contributed by atoms with Crippen molar-refractivity contribution in [3.05, 3.63) is 0 Å². The molecule has 0 spiro atoms. The first-order valence-corrected chi connectivity index (χ1v) is 7.47. The Bertz CT molecular complexity index is 309. The van der Waals surface area contributed by atoms with E-state index in [9.17, 15) is 14.4 Å². The first-order valence-electron chi connectivity index (χ1n) is 5.33. The van der Waals surface area contributed by atoms with Crippen LogP contribution in [0, 0.1) is 0 Å². The molecule has 1 N–H and O–H groups in total. The van der Waals surface area contributed by atoms with Gasteiger partial charge in [-0.1, -0.05) is 11.8 Å². The summed E-state index contributed by atoms with van der Waals surface area (Å²) in [5.41, 5.74) is 0. The highest BCUT2D eigenvalue weighted by Crippen LogP contribution is 2.19. The Morgan fingerprint density at radius 2 is 2.29 bits per heavy atom. The summed E-state index contributed by atoms with van der Waals surface area (Å²) in [5, 5.41) is 2.67. The van der Waals surface area contributed by atoms with Crippen molar-refractivity contribution in [3.8, 4) is 0 Å². The van der Waals surface area contributed by atoms with Gasteiger partial charge in [-0.3, -0.25) is 14.4 Å². The number of ether oxygens (including phenoxy) is 1. The van der Waals surface area contributed by atoms with Gasteiger partial charge in [0, 0.05) is 5.75 Å². The second-order valence-electron chi connectivity index (χ2n) is 3.37. The lowest BCUT2D eigenvalue weighted by Crippen LogP contribution is -2.38. The minimum Gasteiger partial charge on any atom is -0.465 e. The van der Waals surface area contributed by atoms with Gasteiger partial charge in [-0.25, -0.2) is 0 Å². The van der Waals surface area contributed by atoms with Crippen molar-refractivity contribution >= 4 is 40.5 Å². The van der Waals surface area contributed by atoms with Crippen molar-refractivity contribution in [1.82, 2.24) is 5.32 Å². The highest BCUT2D eigenvalue weighted by Gasteiger charge is 2.26. The molecule has 1 aliphatic heterocycles. The van der Waals surface area contributed by atoms with E-state index in [0.29, 0.717) is 13.0 Å². The molecule has 0 aromatic heterocycles. The molecule has 1 rings (SSSR count). The van der Waals surface area contributed by atoms with Crippen LogP contribution in [0.15, 0.2) is 0 Å². The van der Waals surface area contributed by atoms with Crippen LogP contribution in [0.3, 0.4) is 0 Å². The van der Waals surface area contributed by atoms with Crippen LogP contribution in [-0.2, 0) is 19.1 Å². The fourth-order valence-electron chi connectivity index (χ4n) is 1.29. The maximum Gasteiger partial charge on any atom is 0.315 e. The molecule has 0 radical (unpaired) electrons. The van der Waals surface area contributed by atoms with Crippen molar-refractivity contribution in [3.63, 3.8) is 0 Å². The number of hydrogen-bond donors (Lipinski definition) is 1. The van der Waals surface area contributed by atoms with Crippen LogP contribution in [-0.4, -0.2) is 46.9 Å². The van der Waals surface area contributed by atoms with Gasteiger partial charge in [0.15, 0.2) is 0 Å². The molecular weight excluding hydrogens is 262 g/mol. The lowest BCUT2D eigenvalue weighted by molar-refractivity contribution is -0.139. The van der Waals surface area contributed by atoms with Crippen LogP contribution in [0.2, 0.25) is 0 Å². The Labute approximate surface area is 108 Å². The van der Waals surface area contributed by atoms with Gasteiger partial charge in [0.2, 0.25) is 11.0 Å². The predicted octanol–water partition coefficient (Wildman–Crippen LogP) is 0.431. The minimum atomic E-state index is -0.351. The van der Waals surface area contributed by atoms with Gasteiger partial charge in [0.05, 0.1) is 24.2 Å². The first-order chi connectivity index (χ1) is 8.13. The molecule has 0 aromatic rings. The van der Waals surface area contributed by atoms with Crippen LogP contribution < -0.4 is 5.32 Å². The largest absolute Gasteiger partial charge is 0.465 e. The van der Waals surface area contributed by atoms with Gasteiger partial charge in [-0.05, 0) is 13.3 Å². The zero-order valence-electron chi connectivity index (χ0n) is 9.56. The molecule has 7 heteroatoms. The number of carbonyl (C=O) groups is 3. The maximum atomic E-state index is 11.4. The molecule has 1 saturated heterocycles. The summed E-state index contributed by atoms with van der Waals surface area (Å²) < 4.78 is 4.73. The summed E-state index contributed by atoms with van der Waals surface area (Å²) in [6.07, 6.45) is 0.692. The summed E-state index contributed by atoms with van der Waals surface area (Å²) in [4.78, 5) is 33.7. The molecule has 1 fully saturated rings. The van der Waals surface area contributed by atoms with Crippen molar-refractivity contribution in [2.75, 3.05) is 23.9 Å². The van der Waals surface area contributed by atoms with E-state index in [0.717, 1.165) is 5.75 Å². The van der Waals surface area contributed by atoms with Crippen molar-refractivity contribution in [2.24, 2.45) is 0 Å². The van der Waals surface area contributed by atoms with Gasteiger partial charge in [0.1, 0.15) is 0 Å². The summed E-state index contributed by atoms with van der Waals surface area (Å²) >= 11 is 2.44. The Morgan fingerprint density at radius 1 is 1.53 bits per heavy atom. The molecule has 17 heavy (non-hydrogen) atoms. The molecule has 1 atom stereocenters. The second-order valence-corrected chi connectivity index (χ2v) is 5.46. The van der Waals surface area contributed by atoms with Gasteiger partial charge >= 0.3 is 5.97 Å². The van der Waals surface area contributed by atoms with Crippen LogP contribution in [0.25, 0.3) is 0 Å². The smallest absolute Gasteiger partial charge is 0.315 e. The van der Waals surface area contributed by atoms with E-state index < -0.39 is 0 Å². The number of thioether (sulfide) groups is 2. The number of rotatable bonds is 6. The van der Waals surface area contributed by atoms with E-state index in [-0.39, 0.29) is 34.5 Å². The number of hydrogen-bond acceptors (Lipinski definition) is 6. The van der Waals surface area contributed by atoms with Crippen LogP contribution in [0.4, 0.5) is 0 Å². The molecule has 0 saturated carbocycles. The van der Waals surface area contributed by atoms with Gasteiger partial charge in [-0.15, -0.1) is 11.8 Å². The Morgan fingerprint density at radius 3 is 2.88 bits per heavy atom. The number of esters is 1. The molecule has 0 aromatic carbocycles. The molecule has 1 amide bonds. The summed E-state index contributed by atoms with van der Waals surface area (Å²) in [6, 6.07) is -0.351. The molecule has 1 aliphatic rings. The molecule has 1 unspecified atom stereocenters. The third-order valence-corrected chi connectivity index (χ3v) is 3.94. The molecule has 1 heterocycles. The van der Waals surface area contributed by atoms with E-state index in [1.165, 1.54) is 23.5 Å². The summed E-state index contributed by atoms with van der Waals surface area (Å²) in [5.74, 6) is 0.569. The standard InChI is InChI=1S/C10H15NO4S2/c1-2-15-9(13)6-16-5-8(12)11-7-3-4-17-10(7)14/h7H,2-6H2,1H3,(H,11,12). The van der Waals surface area contributed by atoms with Crippen LogP contribution >= 0.6 is 23.5 Å². The highest BCUT2D eigenvalue weighted by molar-refractivity contribution is 8.14. The quantitative estimate of drug-likeness (QED) is 0.710. The number of nitrogens with one attached hydrogen (secondary N) is 1. The maximum absolute atomic E-state index is 11.4. The Kier molecular flexibility index (Phi) is 6.43. The van der Waals surface area contributed by atoms with Crippen molar-refractivity contribution in [1.29, 1.82) is 0 Å². The van der Waals surface area contributed by atoms with Gasteiger partial charge in [-0.2, -0.15) is 0 Å². The van der Waals surface area contributed by atoms with E-state index in [4.69, 9.17) is 4.74 Å². The highest BCUT2D eigenvalue weighted by atomic mass is 32.2. The number of carbonyl (C=O) groups excluding carboxylic acids is 3. The van der Waals surface area contributed by atoms with E-state index in [1.807, 2.05) is 0 Å².